The van der Waals surface area contributed by atoms with E-state index >= 15 is 0 Å². The van der Waals surface area contributed by atoms with Crippen molar-refractivity contribution in [2.75, 3.05) is 33.9 Å². The Balaban J connectivity index is 1.48. The van der Waals surface area contributed by atoms with E-state index in [1.54, 1.807) is 19.2 Å². The molecule has 1 spiro atoms. The first-order valence-corrected chi connectivity index (χ1v) is 17.3. The Labute approximate surface area is 269 Å². The van der Waals surface area contributed by atoms with Crippen LogP contribution in [0.3, 0.4) is 0 Å². The lowest BCUT2D eigenvalue weighted by Crippen LogP contribution is -2.53. The zero-order chi connectivity index (χ0) is 31.5. The number of hydrogen-bond acceptors (Lipinski definition) is 6. The van der Waals surface area contributed by atoms with Crippen molar-refractivity contribution in [1.82, 2.24) is 9.62 Å². The molecule has 0 aromatic heterocycles. The summed E-state index contributed by atoms with van der Waals surface area (Å²) in [6, 6.07) is 13.3. The van der Waals surface area contributed by atoms with Crippen molar-refractivity contribution in [3.63, 3.8) is 0 Å². The molecule has 9 heteroatoms. The second-order valence-corrected chi connectivity index (χ2v) is 15.1. The molecule has 238 valence electrons. The molecule has 0 radical (unpaired) electrons. The smallest absolute Gasteiger partial charge is 0.262 e. The zero-order valence-electron chi connectivity index (χ0n) is 26.2. The van der Waals surface area contributed by atoms with E-state index in [0.29, 0.717) is 30.3 Å². The Morgan fingerprint density at radius 3 is 2.61 bits per heavy atom. The normalized spacial score (nSPS) is 34.4. The van der Waals surface area contributed by atoms with Crippen LogP contribution in [0, 0.1) is 17.8 Å². The maximum absolute atomic E-state index is 13.1. The monoisotopic (exact) mass is 640 g/mol. The predicted molar refractivity (Wildman–Crippen MR) is 176 cm³/mol. The van der Waals surface area contributed by atoms with Gasteiger partial charge in [-0.3, -0.25) is 14.3 Å². The molecular formula is C35H45ClN2O5S. The maximum Gasteiger partial charge on any atom is 0.262 e. The molecule has 2 heterocycles. The van der Waals surface area contributed by atoms with Gasteiger partial charge in [0.25, 0.3) is 5.91 Å². The molecule has 2 bridgehead atoms. The number of allylic oxidation sites excluding steroid dienone is 1. The highest BCUT2D eigenvalue weighted by atomic mass is 35.5. The van der Waals surface area contributed by atoms with E-state index in [1.165, 1.54) is 11.1 Å². The van der Waals surface area contributed by atoms with Crippen molar-refractivity contribution < 1.29 is 23.3 Å². The molecule has 2 aliphatic heterocycles. The van der Waals surface area contributed by atoms with Gasteiger partial charge in [-0.1, -0.05) is 30.7 Å². The average Bonchev–Trinajstić information content (AvgIpc) is 3.00. The first kappa shape index (κ1) is 32.9. The van der Waals surface area contributed by atoms with Gasteiger partial charge in [-0.2, -0.15) is 0 Å². The second kappa shape index (κ2) is 13.9. The predicted octanol–water partition coefficient (Wildman–Crippen LogP) is 5.91. The molecule has 6 rings (SSSR count). The number of fused-ring (bicyclic) bond motifs is 13. The summed E-state index contributed by atoms with van der Waals surface area (Å²) in [5, 5.41) is 0.453. The summed E-state index contributed by atoms with van der Waals surface area (Å²) in [6.45, 7) is 5.99. The number of hydrogen-bond donors (Lipinski definition) is 1. The van der Waals surface area contributed by atoms with Gasteiger partial charge in [0.05, 0.1) is 11.9 Å². The fourth-order valence-corrected chi connectivity index (χ4v) is 8.53. The van der Waals surface area contributed by atoms with E-state index in [-0.39, 0.29) is 28.4 Å². The SMILES string of the molecule is CO[C@]1(C=O)/C=C/CC(C)C(C)S(=O)NC(=O)c2ccc(cc2)OC[C@]2(CCCc3cc(Cl)ccc32)CN(C)CC2CCC21. The minimum Gasteiger partial charge on any atom is -0.493 e. The summed E-state index contributed by atoms with van der Waals surface area (Å²) in [5.74, 6) is 0.677. The Hall–Kier alpha value is -2.52. The van der Waals surface area contributed by atoms with Crippen LogP contribution < -0.4 is 9.46 Å². The zero-order valence-corrected chi connectivity index (χ0v) is 27.8. The first-order valence-electron chi connectivity index (χ1n) is 15.7. The summed E-state index contributed by atoms with van der Waals surface area (Å²) in [7, 11) is 2.20. The van der Waals surface area contributed by atoms with E-state index in [2.05, 4.69) is 28.8 Å². The van der Waals surface area contributed by atoms with Gasteiger partial charge in [0.1, 0.15) is 22.3 Å². The van der Waals surface area contributed by atoms with Crippen LogP contribution in [0.1, 0.15) is 67.4 Å². The van der Waals surface area contributed by atoms with Crippen LogP contribution in [0.5, 0.6) is 5.75 Å². The van der Waals surface area contributed by atoms with Crippen molar-refractivity contribution in [3.8, 4) is 5.75 Å². The number of benzene rings is 2. The molecule has 1 N–H and O–H groups in total. The van der Waals surface area contributed by atoms with E-state index in [1.807, 2.05) is 44.2 Å². The standard InChI is InChI=1S/C35H45ClN2O5S/c1-24-7-5-18-35(22-39,42-4)32-15-11-28(32)20-38(3)21-34(17-6-8-27-19-29(36)12-16-31(27)34)23-43-30-13-9-26(10-14-30)33(40)37-44(41)25(24)2/h5,9-10,12-14,16,18-19,22,24-25,28,32H,6-8,11,15,17,20-21,23H2,1-4H3,(H,37,40)/b18-5+/t24?,25?,28?,32?,34-,35-,44?/m0/s1. The lowest BCUT2D eigenvalue weighted by atomic mass is 9.64. The third-order valence-electron chi connectivity index (χ3n) is 10.2. The quantitative estimate of drug-likeness (QED) is 0.324. The van der Waals surface area contributed by atoms with Gasteiger partial charge in [-0.15, -0.1) is 0 Å². The van der Waals surface area contributed by atoms with E-state index in [9.17, 15) is 13.8 Å². The summed E-state index contributed by atoms with van der Waals surface area (Å²) in [5.41, 5.74) is 1.70. The van der Waals surface area contributed by atoms with Crippen LogP contribution in [-0.2, 0) is 32.4 Å². The third kappa shape index (κ3) is 6.84. The van der Waals surface area contributed by atoms with Crippen LogP contribution in [0.25, 0.3) is 0 Å². The van der Waals surface area contributed by atoms with Gasteiger partial charge in [-0.05, 0) is 118 Å². The van der Waals surface area contributed by atoms with Crippen LogP contribution in [0.4, 0.5) is 0 Å². The second-order valence-electron chi connectivity index (χ2n) is 13.1. The van der Waals surface area contributed by atoms with Crippen molar-refractivity contribution in [2.45, 2.75) is 68.6 Å². The number of methoxy groups -OCH3 is 1. The van der Waals surface area contributed by atoms with Gasteiger partial charge in [0.2, 0.25) is 0 Å². The number of halogens is 1. The largest absolute Gasteiger partial charge is 0.493 e. The lowest BCUT2D eigenvalue weighted by molar-refractivity contribution is -0.137. The van der Waals surface area contributed by atoms with Gasteiger partial charge in [-0.25, -0.2) is 4.21 Å². The number of carbonyl (C=O) groups excluding carboxylic acids is 2. The van der Waals surface area contributed by atoms with Gasteiger partial charge in [0, 0.05) is 42.1 Å². The molecule has 7 atom stereocenters. The van der Waals surface area contributed by atoms with E-state index in [0.717, 1.165) is 56.5 Å². The number of likely N-dealkylation sites (N-methyl/N-ethyl adjacent to an activating group) is 1. The minimum atomic E-state index is -1.58. The summed E-state index contributed by atoms with van der Waals surface area (Å²) >= 11 is 6.42. The molecule has 5 unspecified atom stereocenters. The fraction of sp³-hybridized carbons (Fsp3) is 0.543. The molecular weight excluding hydrogens is 596 g/mol. The number of amides is 1. The number of nitrogens with zero attached hydrogens (tertiary/aromatic N) is 1. The van der Waals surface area contributed by atoms with Gasteiger partial charge in [0.15, 0.2) is 6.29 Å². The number of aryl methyl sites for hydroxylation is 1. The Bertz CT molecular complexity index is 1400. The highest BCUT2D eigenvalue weighted by Gasteiger charge is 2.48. The van der Waals surface area contributed by atoms with Crippen LogP contribution >= 0.6 is 11.6 Å². The summed E-state index contributed by atoms with van der Waals surface area (Å²) in [4.78, 5) is 27.9. The average molecular weight is 641 g/mol. The molecule has 2 aromatic carbocycles. The molecule has 0 saturated heterocycles. The Kier molecular flexibility index (Phi) is 10.3. The number of rotatable bonds is 2. The number of aldehydes is 1. The Morgan fingerprint density at radius 2 is 1.93 bits per heavy atom. The molecule has 2 aromatic rings. The molecule has 1 saturated carbocycles. The van der Waals surface area contributed by atoms with Gasteiger partial charge < -0.3 is 14.4 Å². The van der Waals surface area contributed by atoms with Crippen LogP contribution in [0.15, 0.2) is 54.6 Å². The van der Waals surface area contributed by atoms with Crippen molar-refractivity contribution in [3.05, 3.63) is 76.3 Å². The number of ether oxygens (including phenoxy) is 2. The highest BCUT2D eigenvalue weighted by Crippen LogP contribution is 2.45. The van der Waals surface area contributed by atoms with Crippen molar-refractivity contribution >= 4 is 34.8 Å². The van der Waals surface area contributed by atoms with Gasteiger partial charge >= 0.3 is 0 Å². The maximum atomic E-state index is 13.1. The molecule has 1 amide bonds. The summed E-state index contributed by atoms with van der Waals surface area (Å²) in [6.07, 6.45) is 10.4. The molecule has 2 aliphatic carbocycles. The van der Waals surface area contributed by atoms with Crippen LogP contribution in [-0.4, -0.2) is 66.0 Å². The first-order chi connectivity index (χ1) is 21.1. The topological polar surface area (TPSA) is 84.9 Å². The number of nitrogens with one attached hydrogen (secondary N) is 1. The molecule has 1 fully saturated rings. The van der Waals surface area contributed by atoms with E-state index in [4.69, 9.17) is 21.1 Å². The molecule has 4 aliphatic rings. The fourth-order valence-electron chi connectivity index (χ4n) is 7.32. The number of carbonyl (C=O) groups is 2. The summed E-state index contributed by atoms with van der Waals surface area (Å²) < 4.78 is 28.1. The lowest BCUT2D eigenvalue weighted by Gasteiger charge is -2.48. The molecule has 7 nitrogen and oxygen atoms in total. The minimum absolute atomic E-state index is 0.00578. The van der Waals surface area contributed by atoms with Crippen LogP contribution in [0.2, 0.25) is 5.02 Å². The third-order valence-corrected chi connectivity index (χ3v) is 12.0. The Morgan fingerprint density at radius 1 is 1.16 bits per heavy atom. The highest BCUT2D eigenvalue weighted by molar-refractivity contribution is 7.84. The molecule has 44 heavy (non-hydrogen) atoms. The van der Waals surface area contributed by atoms with Crippen molar-refractivity contribution in [2.24, 2.45) is 17.8 Å². The van der Waals surface area contributed by atoms with Crippen molar-refractivity contribution in [1.29, 1.82) is 0 Å². The van der Waals surface area contributed by atoms with E-state index < -0.39 is 16.6 Å².